The lowest BCUT2D eigenvalue weighted by Gasteiger charge is -2.20. The van der Waals surface area contributed by atoms with Crippen molar-refractivity contribution < 1.29 is 9.59 Å². The zero-order valence-corrected chi connectivity index (χ0v) is 13.6. The van der Waals surface area contributed by atoms with Gasteiger partial charge in [0.05, 0.1) is 11.1 Å². The fraction of sp³-hybridized carbons (Fsp3) is 0.222. The molecule has 2 amide bonds. The Labute approximate surface area is 134 Å². The molecule has 3 rings (SSSR count). The summed E-state index contributed by atoms with van der Waals surface area (Å²) in [5.41, 5.74) is 2.16. The molecular formula is C18H17NO2S. The van der Waals surface area contributed by atoms with Crippen molar-refractivity contribution in [1.82, 2.24) is 4.31 Å². The van der Waals surface area contributed by atoms with Crippen LogP contribution in [0.5, 0.6) is 0 Å². The summed E-state index contributed by atoms with van der Waals surface area (Å²) in [6.45, 7) is 6.41. The highest BCUT2D eigenvalue weighted by atomic mass is 32.2. The van der Waals surface area contributed by atoms with Gasteiger partial charge < -0.3 is 0 Å². The van der Waals surface area contributed by atoms with Crippen LogP contribution in [0.2, 0.25) is 0 Å². The molecule has 4 heteroatoms. The second-order valence-electron chi connectivity index (χ2n) is 6.32. The normalized spacial score (nSPS) is 14.4. The molecule has 22 heavy (non-hydrogen) atoms. The Balaban J connectivity index is 1.89. The van der Waals surface area contributed by atoms with Gasteiger partial charge in [-0.1, -0.05) is 45.0 Å². The number of imide groups is 1. The van der Waals surface area contributed by atoms with Gasteiger partial charge in [-0.15, -0.1) is 0 Å². The second kappa shape index (κ2) is 5.29. The molecule has 112 valence electrons. The molecule has 1 aliphatic rings. The summed E-state index contributed by atoms with van der Waals surface area (Å²) < 4.78 is 1.24. The van der Waals surface area contributed by atoms with Crippen LogP contribution < -0.4 is 0 Å². The first-order valence-electron chi connectivity index (χ1n) is 7.14. The maximum Gasteiger partial charge on any atom is 0.272 e. The fourth-order valence-electron chi connectivity index (χ4n) is 2.37. The zero-order chi connectivity index (χ0) is 15.9. The summed E-state index contributed by atoms with van der Waals surface area (Å²) in [4.78, 5) is 25.6. The summed E-state index contributed by atoms with van der Waals surface area (Å²) in [5, 5.41) is 0. The third-order valence-electron chi connectivity index (χ3n) is 3.65. The molecule has 0 fully saturated rings. The first kappa shape index (κ1) is 14.9. The van der Waals surface area contributed by atoms with E-state index in [1.54, 1.807) is 24.3 Å². The third kappa shape index (κ3) is 2.55. The van der Waals surface area contributed by atoms with E-state index in [2.05, 4.69) is 26.8 Å². The second-order valence-corrected chi connectivity index (χ2v) is 7.34. The SMILES string of the molecule is CC(C)(C)c1cccc(SN2C(=O)c3ccccc3C2=O)c1. The van der Waals surface area contributed by atoms with Crippen LogP contribution in [-0.4, -0.2) is 16.1 Å². The quantitative estimate of drug-likeness (QED) is 0.613. The van der Waals surface area contributed by atoms with Crippen LogP contribution >= 0.6 is 11.9 Å². The van der Waals surface area contributed by atoms with Crippen LogP contribution in [0.15, 0.2) is 53.4 Å². The number of benzene rings is 2. The summed E-state index contributed by atoms with van der Waals surface area (Å²) in [6.07, 6.45) is 0. The van der Waals surface area contributed by atoms with E-state index >= 15 is 0 Å². The van der Waals surface area contributed by atoms with Gasteiger partial charge in [0, 0.05) is 4.90 Å². The monoisotopic (exact) mass is 311 g/mol. The van der Waals surface area contributed by atoms with E-state index in [1.807, 2.05) is 18.2 Å². The lowest BCUT2D eigenvalue weighted by atomic mass is 9.87. The predicted molar refractivity (Wildman–Crippen MR) is 87.9 cm³/mol. The molecule has 1 aliphatic heterocycles. The molecule has 0 N–H and O–H groups in total. The van der Waals surface area contributed by atoms with E-state index in [0.717, 1.165) is 4.90 Å². The largest absolute Gasteiger partial charge is 0.272 e. The van der Waals surface area contributed by atoms with Crippen LogP contribution in [0.1, 0.15) is 47.1 Å². The van der Waals surface area contributed by atoms with Crippen molar-refractivity contribution in [3.05, 3.63) is 65.2 Å². The first-order chi connectivity index (χ1) is 10.4. The zero-order valence-electron chi connectivity index (χ0n) is 12.8. The number of hydrogen-bond acceptors (Lipinski definition) is 3. The minimum absolute atomic E-state index is 0.0263. The Kier molecular flexibility index (Phi) is 3.57. The lowest BCUT2D eigenvalue weighted by Crippen LogP contribution is -2.22. The lowest BCUT2D eigenvalue weighted by molar-refractivity contribution is 0.0777. The van der Waals surface area contributed by atoms with Crippen molar-refractivity contribution in [3.8, 4) is 0 Å². The Bertz CT molecular complexity index is 727. The average Bonchev–Trinajstić information content (AvgIpc) is 2.72. The number of rotatable bonds is 2. The van der Waals surface area contributed by atoms with Crippen molar-refractivity contribution in [3.63, 3.8) is 0 Å². The number of fused-ring (bicyclic) bond motifs is 1. The average molecular weight is 311 g/mol. The topological polar surface area (TPSA) is 37.4 Å². The highest BCUT2D eigenvalue weighted by molar-refractivity contribution is 7.98. The van der Waals surface area contributed by atoms with Crippen molar-refractivity contribution in [2.24, 2.45) is 0 Å². The molecular weight excluding hydrogens is 294 g/mol. The van der Waals surface area contributed by atoms with Gasteiger partial charge in [-0.25, -0.2) is 4.31 Å². The van der Waals surface area contributed by atoms with Gasteiger partial charge >= 0.3 is 0 Å². The minimum Gasteiger partial charge on any atom is -0.268 e. The smallest absolute Gasteiger partial charge is 0.268 e. The molecule has 0 saturated heterocycles. The van der Waals surface area contributed by atoms with E-state index in [1.165, 1.54) is 21.8 Å². The van der Waals surface area contributed by atoms with Gasteiger partial charge in [0.25, 0.3) is 11.8 Å². The van der Waals surface area contributed by atoms with Crippen LogP contribution in [0.25, 0.3) is 0 Å². The first-order valence-corrected chi connectivity index (χ1v) is 7.91. The van der Waals surface area contributed by atoms with Gasteiger partial charge in [-0.3, -0.25) is 9.59 Å². The van der Waals surface area contributed by atoms with Gasteiger partial charge in [0.2, 0.25) is 0 Å². The molecule has 1 heterocycles. The minimum atomic E-state index is -0.244. The molecule has 0 aromatic heterocycles. The number of carbonyl (C=O) groups is 2. The maximum absolute atomic E-state index is 12.4. The molecule has 0 unspecified atom stereocenters. The van der Waals surface area contributed by atoms with E-state index in [-0.39, 0.29) is 17.2 Å². The fourth-order valence-corrected chi connectivity index (χ4v) is 3.27. The van der Waals surface area contributed by atoms with Crippen LogP contribution in [0.4, 0.5) is 0 Å². The molecule has 3 nitrogen and oxygen atoms in total. The highest BCUT2D eigenvalue weighted by Crippen LogP contribution is 2.34. The summed E-state index contributed by atoms with van der Waals surface area (Å²) in [6, 6.07) is 14.9. The number of hydrogen-bond donors (Lipinski definition) is 0. The highest BCUT2D eigenvalue weighted by Gasteiger charge is 2.36. The van der Waals surface area contributed by atoms with E-state index in [9.17, 15) is 9.59 Å². The Hall–Kier alpha value is -2.07. The third-order valence-corrected chi connectivity index (χ3v) is 4.63. The summed E-state index contributed by atoms with van der Waals surface area (Å²) >= 11 is 1.19. The molecule has 0 spiro atoms. The molecule has 0 saturated carbocycles. The van der Waals surface area contributed by atoms with Crippen LogP contribution in [0, 0.1) is 0 Å². The van der Waals surface area contributed by atoms with E-state index in [0.29, 0.717) is 11.1 Å². The van der Waals surface area contributed by atoms with Crippen molar-refractivity contribution in [2.45, 2.75) is 31.1 Å². The van der Waals surface area contributed by atoms with Crippen molar-refractivity contribution in [2.75, 3.05) is 0 Å². The molecule has 0 radical (unpaired) electrons. The molecule has 0 bridgehead atoms. The molecule has 2 aromatic rings. The van der Waals surface area contributed by atoms with Gasteiger partial charge in [0.15, 0.2) is 0 Å². The standard InChI is InChI=1S/C18H17NO2S/c1-18(2,3)12-7-6-8-13(11-12)22-19-16(20)14-9-4-5-10-15(14)17(19)21/h4-11H,1-3H3. The number of nitrogens with zero attached hydrogens (tertiary/aromatic N) is 1. The van der Waals surface area contributed by atoms with E-state index < -0.39 is 0 Å². The molecule has 0 atom stereocenters. The molecule has 2 aromatic carbocycles. The maximum atomic E-state index is 12.4. The van der Waals surface area contributed by atoms with Gasteiger partial charge in [0.1, 0.15) is 0 Å². The summed E-state index contributed by atoms with van der Waals surface area (Å²) in [7, 11) is 0. The van der Waals surface area contributed by atoms with Crippen molar-refractivity contribution in [1.29, 1.82) is 0 Å². The Morgan fingerprint density at radius 1 is 0.864 bits per heavy atom. The summed E-state index contributed by atoms with van der Waals surface area (Å²) in [5.74, 6) is -0.487. The van der Waals surface area contributed by atoms with Gasteiger partial charge in [-0.2, -0.15) is 0 Å². The van der Waals surface area contributed by atoms with Gasteiger partial charge in [-0.05, 0) is 47.2 Å². The van der Waals surface area contributed by atoms with Crippen molar-refractivity contribution >= 4 is 23.8 Å². The molecule has 0 aliphatic carbocycles. The number of amides is 2. The Morgan fingerprint density at radius 2 is 1.45 bits per heavy atom. The number of carbonyl (C=O) groups excluding carboxylic acids is 2. The predicted octanol–water partition coefficient (Wildman–Crippen LogP) is 4.29. The van der Waals surface area contributed by atoms with E-state index in [4.69, 9.17) is 0 Å². The Morgan fingerprint density at radius 3 is 2.00 bits per heavy atom. The van der Waals surface area contributed by atoms with Crippen LogP contribution in [-0.2, 0) is 5.41 Å². The van der Waals surface area contributed by atoms with Crippen LogP contribution in [0.3, 0.4) is 0 Å².